The lowest BCUT2D eigenvalue weighted by molar-refractivity contribution is 0.0594. The van der Waals surface area contributed by atoms with Crippen molar-refractivity contribution in [1.82, 2.24) is 9.47 Å². The zero-order valence-electron chi connectivity index (χ0n) is 15.7. The van der Waals surface area contributed by atoms with Crippen molar-refractivity contribution in [1.29, 1.82) is 0 Å². The second-order valence-electron chi connectivity index (χ2n) is 6.97. The Kier molecular flexibility index (Phi) is 5.02. The molecule has 0 aliphatic carbocycles. The van der Waals surface area contributed by atoms with Gasteiger partial charge < -0.3 is 18.6 Å². The van der Waals surface area contributed by atoms with E-state index in [1.165, 1.54) is 6.07 Å². The van der Waals surface area contributed by atoms with Crippen LogP contribution in [-0.2, 0) is 0 Å². The Labute approximate surface area is 163 Å². The molecule has 2 aromatic heterocycles. The maximum atomic E-state index is 12.8. The predicted molar refractivity (Wildman–Crippen MR) is 105 cm³/mol. The van der Waals surface area contributed by atoms with E-state index in [1.807, 2.05) is 58.3 Å². The van der Waals surface area contributed by atoms with E-state index in [0.717, 1.165) is 18.5 Å². The molecule has 6 nitrogen and oxygen atoms in total. The summed E-state index contributed by atoms with van der Waals surface area (Å²) in [6, 6.07) is 14.6. The molecule has 6 heteroatoms. The maximum absolute atomic E-state index is 12.8. The summed E-state index contributed by atoms with van der Waals surface area (Å²) in [5.41, 5.74) is 1.30. The fraction of sp³-hybridized carbons (Fsp3) is 0.273. The Morgan fingerprint density at radius 1 is 1.07 bits per heavy atom. The molecular formula is C22H22N2O4. The van der Waals surface area contributed by atoms with Gasteiger partial charge in [-0.2, -0.15) is 0 Å². The lowest BCUT2D eigenvalue weighted by Gasteiger charge is -2.32. The summed E-state index contributed by atoms with van der Waals surface area (Å²) < 4.78 is 12.9. The van der Waals surface area contributed by atoms with E-state index in [0.29, 0.717) is 30.2 Å². The number of aryl methyl sites for hydroxylation is 1. The number of hydrogen-bond donors (Lipinski definition) is 0. The number of carbonyl (C=O) groups excluding carboxylic acids is 1. The standard InChI is InChI=1S/C22H22N2O4/c1-16-14-20(15-21(25)27-16)28-19-8-12-24(13-9-19)22(26)17-4-6-18(7-5-17)23-10-2-3-11-23/h2-7,10-11,14-15,19H,8-9,12-13H2,1H3. The van der Waals surface area contributed by atoms with Crippen LogP contribution in [0.1, 0.15) is 29.0 Å². The van der Waals surface area contributed by atoms with Crippen LogP contribution in [0.2, 0.25) is 0 Å². The van der Waals surface area contributed by atoms with Gasteiger partial charge in [-0.3, -0.25) is 4.79 Å². The molecule has 28 heavy (non-hydrogen) atoms. The van der Waals surface area contributed by atoms with E-state index in [2.05, 4.69) is 0 Å². The minimum absolute atomic E-state index is 0.0126. The summed E-state index contributed by atoms with van der Waals surface area (Å²) in [6.07, 6.45) is 5.39. The van der Waals surface area contributed by atoms with Crippen molar-refractivity contribution < 1.29 is 13.9 Å². The number of benzene rings is 1. The van der Waals surface area contributed by atoms with Crippen molar-refractivity contribution >= 4 is 5.91 Å². The molecule has 1 aliphatic heterocycles. The number of nitrogens with zero attached hydrogens (tertiary/aromatic N) is 2. The Morgan fingerprint density at radius 3 is 2.39 bits per heavy atom. The first-order valence-corrected chi connectivity index (χ1v) is 9.39. The van der Waals surface area contributed by atoms with Gasteiger partial charge >= 0.3 is 5.63 Å². The number of carbonyl (C=O) groups is 1. The van der Waals surface area contributed by atoms with Crippen molar-refractivity contribution in [3.8, 4) is 11.4 Å². The molecular weight excluding hydrogens is 356 g/mol. The van der Waals surface area contributed by atoms with Crippen LogP contribution < -0.4 is 10.4 Å². The second kappa shape index (κ2) is 7.76. The number of amides is 1. The first kappa shape index (κ1) is 18.1. The molecule has 1 aromatic carbocycles. The number of aromatic nitrogens is 1. The van der Waals surface area contributed by atoms with Gasteiger partial charge in [-0.25, -0.2) is 4.79 Å². The van der Waals surface area contributed by atoms with Crippen LogP contribution in [-0.4, -0.2) is 34.6 Å². The largest absolute Gasteiger partial charge is 0.490 e. The first-order chi connectivity index (χ1) is 13.6. The van der Waals surface area contributed by atoms with Crippen LogP contribution in [0.5, 0.6) is 5.75 Å². The second-order valence-corrected chi connectivity index (χ2v) is 6.97. The molecule has 1 aliphatic rings. The van der Waals surface area contributed by atoms with Crippen molar-refractivity contribution in [2.45, 2.75) is 25.9 Å². The molecule has 0 radical (unpaired) electrons. The molecule has 0 saturated carbocycles. The smallest absolute Gasteiger partial charge is 0.339 e. The van der Waals surface area contributed by atoms with E-state index in [4.69, 9.17) is 9.15 Å². The summed E-state index contributed by atoms with van der Waals surface area (Å²) in [4.78, 5) is 26.1. The van der Waals surface area contributed by atoms with Gasteiger partial charge in [-0.15, -0.1) is 0 Å². The zero-order chi connectivity index (χ0) is 19.5. The molecule has 3 aromatic rings. The van der Waals surface area contributed by atoms with E-state index in [-0.39, 0.29) is 12.0 Å². The van der Waals surface area contributed by atoms with Crippen LogP contribution in [0.4, 0.5) is 0 Å². The fourth-order valence-corrected chi connectivity index (χ4v) is 3.48. The van der Waals surface area contributed by atoms with Crippen molar-refractivity contribution in [2.24, 2.45) is 0 Å². The summed E-state index contributed by atoms with van der Waals surface area (Å²) >= 11 is 0. The molecule has 1 saturated heterocycles. The summed E-state index contributed by atoms with van der Waals surface area (Å²) in [6.45, 7) is 2.98. The Balaban J connectivity index is 1.35. The van der Waals surface area contributed by atoms with E-state index in [1.54, 1.807) is 13.0 Å². The minimum Gasteiger partial charge on any atom is -0.490 e. The molecule has 0 bridgehead atoms. The van der Waals surface area contributed by atoms with Gasteiger partial charge in [-0.05, 0) is 43.3 Å². The third kappa shape index (κ3) is 4.01. The summed E-state index contributed by atoms with van der Waals surface area (Å²) in [5.74, 6) is 1.09. The number of ether oxygens (including phenoxy) is 1. The molecule has 0 spiro atoms. The Morgan fingerprint density at radius 2 is 1.75 bits per heavy atom. The number of piperidine rings is 1. The fourth-order valence-electron chi connectivity index (χ4n) is 3.48. The van der Waals surface area contributed by atoms with Crippen molar-refractivity contribution in [2.75, 3.05) is 13.1 Å². The van der Waals surface area contributed by atoms with Crippen LogP contribution in [0, 0.1) is 6.92 Å². The van der Waals surface area contributed by atoms with Gasteiger partial charge in [0.15, 0.2) is 0 Å². The SMILES string of the molecule is Cc1cc(OC2CCN(C(=O)c3ccc(-n4cccc4)cc3)CC2)cc(=O)o1. The summed E-state index contributed by atoms with van der Waals surface area (Å²) in [7, 11) is 0. The zero-order valence-corrected chi connectivity index (χ0v) is 15.7. The van der Waals surface area contributed by atoms with Gasteiger partial charge in [-0.1, -0.05) is 0 Å². The minimum atomic E-state index is -0.411. The molecule has 1 fully saturated rings. The highest BCUT2D eigenvalue weighted by Gasteiger charge is 2.25. The topological polar surface area (TPSA) is 64.7 Å². The van der Waals surface area contributed by atoms with Gasteiger partial charge in [0.1, 0.15) is 17.6 Å². The van der Waals surface area contributed by atoms with E-state index >= 15 is 0 Å². The monoisotopic (exact) mass is 378 g/mol. The molecule has 1 amide bonds. The lowest BCUT2D eigenvalue weighted by atomic mass is 10.1. The van der Waals surface area contributed by atoms with Crippen LogP contribution in [0.25, 0.3) is 5.69 Å². The van der Waals surface area contributed by atoms with Crippen LogP contribution in [0.3, 0.4) is 0 Å². The first-order valence-electron chi connectivity index (χ1n) is 9.39. The highest BCUT2D eigenvalue weighted by Crippen LogP contribution is 2.20. The van der Waals surface area contributed by atoms with Crippen LogP contribution >= 0.6 is 0 Å². The van der Waals surface area contributed by atoms with Gasteiger partial charge in [0.05, 0.1) is 6.07 Å². The Hall–Kier alpha value is -3.28. The normalized spacial score (nSPS) is 14.8. The number of hydrogen-bond acceptors (Lipinski definition) is 4. The van der Waals surface area contributed by atoms with Crippen molar-refractivity contribution in [3.63, 3.8) is 0 Å². The molecule has 0 N–H and O–H groups in total. The maximum Gasteiger partial charge on any atom is 0.339 e. The molecule has 0 atom stereocenters. The molecule has 3 heterocycles. The number of likely N-dealkylation sites (tertiary alicyclic amines) is 1. The third-order valence-corrected chi connectivity index (χ3v) is 4.92. The highest BCUT2D eigenvalue weighted by molar-refractivity contribution is 5.94. The van der Waals surface area contributed by atoms with Gasteiger partial charge in [0.25, 0.3) is 5.91 Å². The molecule has 0 unspecified atom stereocenters. The van der Waals surface area contributed by atoms with Gasteiger partial charge in [0, 0.05) is 55.6 Å². The van der Waals surface area contributed by atoms with Crippen molar-refractivity contribution in [3.05, 3.63) is 82.7 Å². The summed E-state index contributed by atoms with van der Waals surface area (Å²) in [5, 5.41) is 0. The van der Waals surface area contributed by atoms with E-state index in [9.17, 15) is 9.59 Å². The van der Waals surface area contributed by atoms with Gasteiger partial charge in [0.2, 0.25) is 0 Å². The molecule has 4 rings (SSSR count). The quantitative estimate of drug-likeness (QED) is 0.698. The Bertz CT molecular complexity index is 998. The van der Waals surface area contributed by atoms with Crippen LogP contribution in [0.15, 0.2) is 70.1 Å². The van der Waals surface area contributed by atoms with E-state index < -0.39 is 5.63 Å². The molecule has 144 valence electrons. The lowest BCUT2D eigenvalue weighted by Crippen LogP contribution is -2.41. The average molecular weight is 378 g/mol. The predicted octanol–water partition coefficient (Wildman–Crippen LogP) is 3.42. The number of rotatable bonds is 4. The highest BCUT2D eigenvalue weighted by atomic mass is 16.5. The average Bonchev–Trinajstić information content (AvgIpc) is 3.22. The third-order valence-electron chi connectivity index (χ3n) is 4.92.